The molecular formula is C21H34O3. The quantitative estimate of drug-likeness (QED) is 0.726. The molecule has 8 atom stereocenters. The minimum Gasteiger partial charge on any atom is -0.460 e. The van der Waals surface area contributed by atoms with Gasteiger partial charge in [-0.05, 0) is 74.0 Å². The van der Waals surface area contributed by atoms with Crippen molar-refractivity contribution in [2.75, 3.05) is 0 Å². The molecule has 0 bridgehead atoms. The molecule has 0 unspecified atom stereocenters. The number of esters is 1. The molecule has 4 aliphatic rings. The first-order valence-electron chi connectivity index (χ1n) is 10.2. The molecule has 1 N–H and O–H groups in total. The van der Waals surface area contributed by atoms with E-state index < -0.39 is 6.10 Å². The van der Waals surface area contributed by atoms with E-state index in [-0.39, 0.29) is 17.5 Å². The highest BCUT2D eigenvalue weighted by atomic mass is 16.6. The highest BCUT2D eigenvalue weighted by Crippen LogP contribution is 2.66. The van der Waals surface area contributed by atoms with Crippen LogP contribution in [0.4, 0.5) is 0 Å². The van der Waals surface area contributed by atoms with Crippen molar-refractivity contribution in [2.45, 2.75) is 90.8 Å². The molecule has 0 spiro atoms. The minimum absolute atomic E-state index is 0.0564. The summed E-state index contributed by atoms with van der Waals surface area (Å²) in [7, 11) is 0. The highest BCUT2D eigenvalue weighted by Gasteiger charge is 2.62. The molecule has 0 aliphatic heterocycles. The second-order valence-electron chi connectivity index (χ2n) is 9.78. The number of aliphatic hydroxyl groups excluding tert-OH is 1. The molecule has 0 aromatic carbocycles. The zero-order chi connectivity index (χ0) is 17.1. The van der Waals surface area contributed by atoms with Crippen LogP contribution in [0.15, 0.2) is 0 Å². The predicted molar refractivity (Wildman–Crippen MR) is 93.3 cm³/mol. The van der Waals surface area contributed by atoms with Gasteiger partial charge in [0.25, 0.3) is 0 Å². The lowest BCUT2D eigenvalue weighted by Crippen LogP contribution is -2.53. The first kappa shape index (κ1) is 16.9. The number of carbonyl (C=O) groups excluding carboxylic acids is 1. The third-order valence-electron chi connectivity index (χ3n) is 8.85. The molecule has 0 heterocycles. The average molecular weight is 335 g/mol. The van der Waals surface area contributed by atoms with E-state index >= 15 is 0 Å². The number of hydrogen-bond donors (Lipinski definition) is 1. The summed E-state index contributed by atoms with van der Waals surface area (Å²) in [5, 5.41) is 10.9. The number of aliphatic hydroxyl groups is 1. The van der Waals surface area contributed by atoms with E-state index in [1.165, 1.54) is 51.9 Å². The first-order chi connectivity index (χ1) is 11.4. The van der Waals surface area contributed by atoms with Crippen molar-refractivity contribution in [1.29, 1.82) is 0 Å². The van der Waals surface area contributed by atoms with E-state index in [4.69, 9.17) is 4.74 Å². The highest BCUT2D eigenvalue weighted by molar-refractivity contribution is 5.66. The molecular weight excluding hydrogens is 300 g/mol. The van der Waals surface area contributed by atoms with Crippen molar-refractivity contribution >= 4 is 5.97 Å². The number of rotatable bonds is 1. The number of carbonyl (C=O) groups is 1. The second-order valence-corrected chi connectivity index (χ2v) is 9.78. The second kappa shape index (κ2) is 5.72. The zero-order valence-electron chi connectivity index (χ0n) is 15.6. The standard InChI is InChI=1S/C21H34O3/c1-13(22)24-18-12-17-15-8-7-14-6-4-5-10-20(14,2)16(15)9-11-21(17,3)19(18)23/h14-19,23H,4-12H2,1-3H3/t14-,15-,16-,17-,18-,19+,20+,21+/m1/s1. The van der Waals surface area contributed by atoms with Crippen LogP contribution in [0.3, 0.4) is 0 Å². The minimum atomic E-state index is -0.482. The lowest BCUT2D eigenvalue weighted by Gasteiger charge is -2.60. The summed E-state index contributed by atoms with van der Waals surface area (Å²) in [6.45, 7) is 6.30. The van der Waals surface area contributed by atoms with Gasteiger partial charge in [0.1, 0.15) is 6.10 Å². The fourth-order valence-corrected chi connectivity index (χ4v) is 7.58. The van der Waals surface area contributed by atoms with E-state index in [2.05, 4.69) is 13.8 Å². The van der Waals surface area contributed by atoms with Crippen LogP contribution < -0.4 is 0 Å². The summed E-state index contributed by atoms with van der Waals surface area (Å²) in [6.07, 6.45) is 10.8. The largest absolute Gasteiger partial charge is 0.460 e. The van der Waals surface area contributed by atoms with Crippen LogP contribution in [0.1, 0.15) is 78.6 Å². The molecule has 4 fully saturated rings. The topological polar surface area (TPSA) is 46.5 Å². The summed E-state index contributed by atoms with van der Waals surface area (Å²) in [5.74, 6) is 2.74. The van der Waals surface area contributed by atoms with Gasteiger partial charge in [-0.15, -0.1) is 0 Å². The van der Waals surface area contributed by atoms with Crippen LogP contribution >= 0.6 is 0 Å². The van der Waals surface area contributed by atoms with Gasteiger partial charge in [0.15, 0.2) is 0 Å². The van der Waals surface area contributed by atoms with E-state index in [0.717, 1.165) is 30.6 Å². The van der Waals surface area contributed by atoms with E-state index in [0.29, 0.717) is 11.3 Å². The van der Waals surface area contributed by atoms with Crippen molar-refractivity contribution in [3.63, 3.8) is 0 Å². The molecule has 136 valence electrons. The summed E-state index contributed by atoms with van der Waals surface area (Å²) in [4.78, 5) is 11.4. The van der Waals surface area contributed by atoms with Crippen LogP contribution in [-0.4, -0.2) is 23.3 Å². The van der Waals surface area contributed by atoms with Crippen LogP contribution in [0.25, 0.3) is 0 Å². The van der Waals surface area contributed by atoms with Crippen molar-refractivity contribution in [3.8, 4) is 0 Å². The zero-order valence-corrected chi connectivity index (χ0v) is 15.6. The fraction of sp³-hybridized carbons (Fsp3) is 0.952. The molecule has 3 nitrogen and oxygen atoms in total. The SMILES string of the molecule is CC(=O)O[C@@H]1C[C@@H]2[C@@H]3CC[C@H]4CCCC[C@]4(C)[C@@H]3CC[C@]2(C)[C@H]1O. The van der Waals surface area contributed by atoms with Crippen LogP contribution in [0.5, 0.6) is 0 Å². The van der Waals surface area contributed by atoms with E-state index in [1.54, 1.807) is 0 Å². The molecule has 24 heavy (non-hydrogen) atoms. The van der Waals surface area contributed by atoms with Gasteiger partial charge in [0, 0.05) is 12.3 Å². The summed E-state index contributed by atoms with van der Waals surface area (Å²) >= 11 is 0. The molecule has 0 amide bonds. The molecule has 4 saturated carbocycles. The molecule has 4 rings (SSSR count). The third-order valence-corrected chi connectivity index (χ3v) is 8.85. The number of ether oxygens (including phenoxy) is 1. The van der Waals surface area contributed by atoms with E-state index in [9.17, 15) is 9.90 Å². The molecule has 0 aromatic heterocycles. The molecule has 4 aliphatic carbocycles. The Labute approximate surface area is 146 Å². The van der Waals surface area contributed by atoms with Crippen molar-refractivity contribution in [2.24, 2.45) is 34.5 Å². The summed E-state index contributed by atoms with van der Waals surface area (Å²) < 4.78 is 5.50. The molecule has 0 radical (unpaired) electrons. The van der Waals surface area contributed by atoms with Crippen LogP contribution in [-0.2, 0) is 9.53 Å². The van der Waals surface area contributed by atoms with Gasteiger partial charge in [-0.1, -0.05) is 26.7 Å². The van der Waals surface area contributed by atoms with Gasteiger partial charge in [0.2, 0.25) is 0 Å². The Morgan fingerprint density at radius 3 is 2.54 bits per heavy atom. The summed E-state index contributed by atoms with van der Waals surface area (Å²) in [6, 6.07) is 0. The van der Waals surface area contributed by atoms with Gasteiger partial charge >= 0.3 is 5.97 Å². The lowest BCUT2D eigenvalue weighted by atomic mass is 9.45. The predicted octanol–water partition coefficient (Wildman–Crippen LogP) is 4.32. The average Bonchev–Trinajstić information content (AvgIpc) is 2.78. The maximum Gasteiger partial charge on any atom is 0.302 e. The van der Waals surface area contributed by atoms with Crippen molar-refractivity contribution in [3.05, 3.63) is 0 Å². The van der Waals surface area contributed by atoms with Crippen molar-refractivity contribution < 1.29 is 14.6 Å². The fourth-order valence-electron chi connectivity index (χ4n) is 7.58. The van der Waals surface area contributed by atoms with Crippen LogP contribution in [0, 0.1) is 34.5 Å². The Bertz CT molecular complexity index is 517. The Morgan fingerprint density at radius 2 is 1.79 bits per heavy atom. The molecule has 3 heteroatoms. The third kappa shape index (κ3) is 2.29. The van der Waals surface area contributed by atoms with Gasteiger partial charge < -0.3 is 9.84 Å². The number of hydrogen-bond acceptors (Lipinski definition) is 3. The molecule has 0 aromatic rings. The van der Waals surface area contributed by atoms with Gasteiger partial charge in [-0.2, -0.15) is 0 Å². The monoisotopic (exact) mass is 334 g/mol. The van der Waals surface area contributed by atoms with Gasteiger partial charge in [0.05, 0.1) is 6.10 Å². The molecule has 0 saturated heterocycles. The normalized spacial score (nSPS) is 53.7. The van der Waals surface area contributed by atoms with Crippen LogP contribution in [0.2, 0.25) is 0 Å². The Morgan fingerprint density at radius 1 is 1.00 bits per heavy atom. The van der Waals surface area contributed by atoms with Gasteiger partial charge in [-0.3, -0.25) is 4.79 Å². The summed E-state index contributed by atoms with van der Waals surface area (Å²) in [5.41, 5.74) is 0.464. The maximum absolute atomic E-state index is 11.4. The Kier molecular flexibility index (Phi) is 4.02. The maximum atomic E-state index is 11.4. The first-order valence-corrected chi connectivity index (χ1v) is 10.2. The van der Waals surface area contributed by atoms with E-state index in [1.807, 2.05) is 0 Å². The number of fused-ring (bicyclic) bond motifs is 5. The Balaban J connectivity index is 1.60. The Hall–Kier alpha value is -0.570. The van der Waals surface area contributed by atoms with Gasteiger partial charge in [-0.25, -0.2) is 0 Å². The lowest BCUT2D eigenvalue weighted by molar-refractivity contribution is -0.154. The van der Waals surface area contributed by atoms with Crippen molar-refractivity contribution in [1.82, 2.24) is 0 Å². The smallest absolute Gasteiger partial charge is 0.302 e.